The number of phosphoric acid groups is 1. The van der Waals surface area contributed by atoms with Crippen molar-refractivity contribution >= 4 is 25.7 Å². The second kappa shape index (κ2) is 54.6. The molecule has 3 aliphatic rings. The molecule has 3 fully saturated rings. The molecule has 0 aromatic carbocycles. The predicted octanol–water partition coefficient (Wildman–Crippen LogP) is 10.6. The number of ether oxygens (including phenoxy) is 7. The minimum atomic E-state index is -5.69. The molecule has 0 bridgehead atoms. The molecule has 24 nitrogen and oxygen atoms in total. The van der Waals surface area contributed by atoms with Crippen LogP contribution in [-0.4, -0.2) is 204 Å². The Morgan fingerprint density at radius 1 is 0.361 bits per heavy atom. The summed E-state index contributed by atoms with van der Waals surface area (Å²) in [5.41, 5.74) is 0. The van der Waals surface area contributed by atoms with Crippen LogP contribution in [0.3, 0.4) is 0 Å². The van der Waals surface area contributed by atoms with E-state index < -0.39 is 156 Å². The molecule has 0 radical (unpaired) electrons. The molecule has 1 aliphatic carbocycles. The maximum Gasteiger partial charge on any atom is 0.472 e. The fraction of sp³-hybridized carbons (Fsp3) is 0.958. The van der Waals surface area contributed by atoms with Gasteiger partial charge in [0.15, 0.2) is 18.7 Å². The lowest BCUT2D eigenvalue weighted by Gasteiger charge is -2.49. The summed E-state index contributed by atoms with van der Waals surface area (Å²) in [5.74, 6) is -1.97. The summed E-state index contributed by atoms with van der Waals surface area (Å²) in [7, 11) is -5.69. The molecule has 97 heavy (non-hydrogen) atoms. The second-order valence-corrected chi connectivity index (χ2v) is 29.1. The van der Waals surface area contributed by atoms with Crippen LogP contribution in [-0.2, 0) is 61.2 Å². The van der Waals surface area contributed by atoms with Crippen LogP contribution in [0.25, 0.3) is 0 Å². The average Bonchev–Trinajstić information content (AvgIpc) is 0.763. The number of esters is 3. The van der Waals surface area contributed by atoms with Crippen LogP contribution >= 0.6 is 7.82 Å². The summed E-state index contributed by atoms with van der Waals surface area (Å²) in [5, 5.41) is 110. The molecule has 18 unspecified atom stereocenters. The van der Waals surface area contributed by atoms with Crippen molar-refractivity contribution in [1.82, 2.24) is 0 Å². The smallest absolute Gasteiger partial charge is 0.463 e. The van der Waals surface area contributed by atoms with Crippen molar-refractivity contribution in [2.24, 2.45) is 0 Å². The minimum absolute atomic E-state index is 0.0328. The molecule has 572 valence electrons. The maximum absolute atomic E-state index is 14.3. The molecule has 0 spiro atoms. The molecule has 25 heteroatoms. The summed E-state index contributed by atoms with van der Waals surface area (Å²) in [4.78, 5) is 51.0. The molecule has 2 aliphatic heterocycles. The van der Waals surface area contributed by atoms with Gasteiger partial charge in [-0.2, -0.15) is 0 Å². The van der Waals surface area contributed by atoms with Gasteiger partial charge in [0.05, 0.1) is 13.2 Å². The quantitative estimate of drug-likeness (QED) is 0.0117. The van der Waals surface area contributed by atoms with Crippen LogP contribution in [0, 0.1) is 0 Å². The zero-order valence-electron chi connectivity index (χ0n) is 59.6. The largest absolute Gasteiger partial charge is 0.472 e. The first-order valence-corrected chi connectivity index (χ1v) is 39.8. The number of hydrogen-bond acceptors (Lipinski definition) is 23. The molecule has 3 rings (SSSR count). The number of aliphatic hydroxyl groups excluding tert-OH is 10. The van der Waals surface area contributed by atoms with Crippen LogP contribution in [0.15, 0.2) is 0 Å². The molecule has 0 aromatic rings. The Bertz CT molecular complexity index is 2010. The number of phosphoric ester groups is 1. The third kappa shape index (κ3) is 37.8. The van der Waals surface area contributed by atoms with Gasteiger partial charge in [0.1, 0.15) is 98.7 Å². The zero-order valence-corrected chi connectivity index (χ0v) is 60.5. The lowest BCUT2D eigenvalue weighted by atomic mass is 9.84. The lowest BCUT2D eigenvalue weighted by molar-refractivity contribution is -0.360. The third-order valence-electron chi connectivity index (χ3n) is 19.1. The van der Waals surface area contributed by atoms with E-state index in [1.54, 1.807) is 0 Å². The number of rotatable bonds is 60. The lowest BCUT2D eigenvalue weighted by Crippen LogP contribution is -2.69. The molecule has 11 N–H and O–H groups in total. The Kier molecular flexibility index (Phi) is 50.2. The van der Waals surface area contributed by atoms with Gasteiger partial charge in [-0.1, -0.05) is 271 Å². The summed E-state index contributed by atoms with van der Waals surface area (Å²) in [6.45, 7) is 3.47. The Labute approximate surface area is 580 Å². The van der Waals surface area contributed by atoms with Gasteiger partial charge >= 0.3 is 25.7 Å². The van der Waals surface area contributed by atoms with Gasteiger partial charge in [0.2, 0.25) is 0 Å². The first-order chi connectivity index (χ1) is 46.8. The standard InChI is InChI=1S/C72H135O24P/c1-4-7-10-13-16-19-22-24-26-28-29-32-35-37-40-43-46-56(74)88-50-53(91-58(76)48-45-42-39-36-33-30-27-25-23-20-17-14-11-8-5-2)51-90-97(86,87)96-70-68(94-71-66(84)61(79)59(77)54(49-73)92-71)64(82)63(81)65(83)69(70)95-72-67(85)62(80)60(78)55(93-72)52-89-57(75)47-44-41-38-34-31-21-18-15-12-9-6-3/h53-55,59-73,77-85H,4-52H2,1-3H3,(H,86,87). The van der Waals surface area contributed by atoms with Crippen molar-refractivity contribution < 1.29 is 117 Å². The SMILES string of the molecule is CCCCCCCCCCCCCCCCCCC(=O)OCC(COP(=O)(O)OC1C(OC2OC(CO)C(O)C(O)C2O)C(O)C(O)C(O)C1OC1OC(COC(=O)CCCCCCCCCCCCC)C(O)C(O)C1O)OC(=O)CCCCCCCCCCCCCCCCC. The first kappa shape index (κ1) is 89.2. The molecular formula is C72H135O24P. The highest BCUT2D eigenvalue weighted by Gasteiger charge is 2.58. The van der Waals surface area contributed by atoms with Crippen molar-refractivity contribution in [2.45, 2.75) is 414 Å². The van der Waals surface area contributed by atoms with Gasteiger partial charge < -0.3 is 89.1 Å². The van der Waals surface area contributed by atoms with Gasteiger partial charge in [0, 0.05) is 19.3 Å². The molecular weight excluding hydrogens is 1280 g/mol. The third-order valence-corrected chi connectivity index (χ3v) is 20.1. The van der Waals surface area contributed by atoms with Crippen molar-refractivity contribution in [3.63, 3.8) is 0 Å². The number of carbonyl (C=O) groups excluding carboxylic acids is 3. The van der Waals surface area contributed by atoms with Crippen molar-refractivity contribution in [2.75, 3.05) is 26.4 Å². The van der Waals surface area contributed by atoms with Gasteiger partial charge in [-0.25, -0.2) is 4.57 Å². The summed E-state index contributed by atoms with van der Waals surface area (Å²) in [6.07, 6.45) is 11.7. The fourth-order valence-corrected chi connectivity index (χ4v) is 13.8. The molecule has 18 atom stereocenters. The first-order valence-electron chi connectivity index (χ1n) is 38.3. The van der Waals surface area contributed by atoms with E-state index in [9.17, 15) is 74.9 Å². The molecule has 0 aromatic heterocycles. The van der Waals surface area contributed by atoms with Gasteiger partial charge in [-0.15, -0.1) is 0 Å². The Balaban J connectivity index is 1.73. The van der Waals surface area contributed by atoms with E-state index in [0.717, 1.165) is 89.9 Å². The highest BCUT2D eigenvalue weighted by atomic mass is 31.2. The summed E-state index contributed by atoms with van der Waals surface area (Å²) < 4.78 is 65.0. The zero-order chi connectivity index (χ0) is 71.1. The summed E-state index contributed by atoms with van der Waals surface area (Å²) >= 11 is 0. The van der Waals surface area contributed by atoms with Crippen molar-refractivity contribution in [1.29, 1.82) is 0 Å². The van der Waals surface area contributed by atoms with Crippen LogP contribution < -0.4 is 0 Å². The van der Waals surface area contributed by atoms with Crippen LogP contribution in [0.1, 0.15) is 310 Å². The van der Waals surface area contributed by atoms with Gasteiger partial charge in [-0.3, -0.25) is 23.4 Å². The maximum atomic E-state index is 14.3. The molecule has 0 amide bonds. The normalized spacial score (nSPS) is 27.7. The molecule has 1 saturated carbocycles. The Morgan fingerprint density at radius 2 is 0.660 bits per heavy atom. The van der Waals surface area contributed by atoms with E-state index in [0.29, 0.717) is 19.3 Å². The second-order valence-electron chi connectivity index (χ2n) is 27.7. The number of carbonyl (C=O) groups is 3. The van der Waals surface area contributed by atoms with E-state index in [1.807, 2.05) is 0 Å². The Hall–Kier alpha value is -2.04. The monoisotopic (exact) mass is 1410 g/mol. The highest BCUT2D eigenvalue weighted by Crippen LogP contribution is 2.49. The minimum Gasteiger partial charge on any atom is -0.463 e. The van der Waals surface area contributed by atoms with Crippen LogP contribution in [0.2, 0.25) is 0 Å². The van der Waals surface area contributed by atoms with E-state index in [4.69, 9.17) is 42.2 Å². The topological polar surface area (TPSA) is 374 Å². The van der Waals surface area contributed by atoms with E-state index in [1.165, 1.54) is 161 Å². The van der Waals surface area contributed by atoms with Crippen molar-refractivity contribution in [3.05, 3.63) is 0 Å². The number of aliphatic hydroxyl groups is 10. The number of unbranched alkanes of at least 4 members (excludes halogenated alkanes) is 39. The van der Waals surface area contributed by atoms with Crippen LogP contribution in [0.4, 0.5) is 0 Å². The Morgan fingerprint density at radius 3 is 1.01 bits per heavy atom. The van der Waals surface area contributed by atoms with E-state index >= 15 is 0 Å². The van der Waals surface area contributed by atoms with Gasteiger partial charge in [-0.05, 0) is 19.3 Å². The molecule has 2 saturated heterocycles. The van der Waals surface area contributed by atoms with Crippen LogP contribution in [0.5, 0.6) is 0 Å². The molecule has 2 heterocycles. The van der Waals surface area contributed by atoms with E-state index in [-0.39, 0.29) is 19.3 Å². The fourth-order valence-electron chi connectivity index (χ4n) is 12.9. The van der Waals surface area contributed by atoms with Gasteiger partial charge in [0.25, 0.3) is 0 Å². The van der Waals surface area contributed by atoms with Crippen molar-refractivity contribution in [3.8, 4) is 0 Å². The highest BCUT2D eigenvalue weighted by molar-refractivity contribution is 7.47. The average molecular weight is 1420 g/mol. The van der Waals surface area contributed by atoms with E-state index in [2.05, 4.69) is 20.8 Å². The predicted molar refractivity (Wildman–Crippen MR) is 365 cm³/mol. The number of hydrogen-bond donors (Lipinski definition) is 11. The summed E-state index contributed by atoms with van der Waals surface area (Å²) in [6, 6.07) is 0.